The molecule has 0 spiro atoms. The van der Waals surface area contributed by atoms with E-state index in [-0.39, 0.29) is 24.6 Å². The minimum Gasteiger partial charge on any atom is -0.497 e. The van der Waals surface area contributed by atoms with Crippen LogP contribution < -0.4 is 15.4 Å². The number of nitrogens with one attached hydrogen (secondary N) is 2. The lowest BCUT2D eigenvalue weighted by molar-refractivity contribution is 0.0920. The fraction of sp³-hybridized carbons (Fsp3) is 0.312. The van der Waals surface area contributed by atoms with E-state index in [2.05, 4.69) is 15.7 Å². The Kier molecular flexibility index (Phi) is 6.04. The molecule has 0 saturated heterocycles. The van der Waals surface area contributed by atoms with E-state index in [1.54, 1.807) is 24.3 Å². The summed E-state index contributed by atoms with van der Waals surface area (Å²) in [7, 11) is 2.98. The highest BCUT2D eigenvalue weighted by molar-refractivity contribution is 5.95. The lowest BCUT2D eigenvalue weighted by Gasteiger charge is -2.08. The van der Waals surface area contributed by atoms with Crippen LogP contribution in [-0.4, -0.2) is 41.8 Å². The van der Waals surface area contributed by atoms with Gasteiger partial charge in [0.2, 0.25) is 0 Å². The van der Waals surface area contributed by atoms with Gasteiger partial charge in [-0.2, -0.15) is 5.10 Å². The van der Waals surface area contributed by atoms with Crippen LogP contribution in [0.3, 0.4) is 0 Å². The molecule has 9 heteroatoms. The SMILES string of the molecule is COc1ccc(C(=O)NCCNC(=O)c2cn(C)nc2C(F)F)cc1. The molecule has 1 heterocycles. The van der Waals surface area contributed by atoms with Gasteiger partial charge in [-0.15, -0.1) is 0 Å². The van der Waals surface area contributed by atoms with Crippen molar-refractivity contribution in [3.63, 3.8) is 0 Å². The molecule has 0 unspecified atom stereocenters. The normalized spacial score (nSPS) is 10.6. The van der Waals surface area contributed by atoms with Gasteiger partial charge in [-0.25, -0.2) is 8.78 Å². The molecule has 0 aliphatic carbocycles. The summed E-state index contributed by atoms with van der Waals surface area (Å²) in [5.74, 6) is -0.344. The van der Waals surface area contributed by atoms with Crippen LogP contribution in [0.25, 0.3) is 0 Å². The number of hydrogen-bond acceptors (Lipinski definition) is 4. The molecule has 2 amide bonds. The van der Waals surface area contributed by atoms with Gasteiger partial charge in [-0.1, -0.05) is 0 Å². The molecule has 0 atom stereocenters. The Morgan fingerprint density at radius 3 is 2.32 bits per heavy atom. The summed E-state index contributed by atoms with van der Waals surface area (Å²) in [6.45, 7) is 0.249. The van der Waals surface area contributed by atoms with Crippen LogP contribution in [0.2, 0.25) is 0 Å². The average Bonchev–Trinajstić information content (AvgIpc) is 3.00. The number of carbonyl (C=O) groups is 2. The molecular weight excluding hydrogens is 334 g/mol. The van der Waals surface area contributed by atoms with E-state index in [1.807, 2.05) is 0 Å². The maximum atomic E-state index is 12.8. The Morgan fingerprint density at radius 1 is 1.16 bits per heavy atom. The van der Waals surface area contributed by atoms with E-state index >= 15 is 0 Å². The number of hydrogen-bond donors (Lipinski definition) is 2. The number of aromatic nitrogens is 2. The molecule has 25 heavy (non-hydrogen) atoms. The van der Waals surface area contributed by atoms with Crippen molar-refractivity contribution in [2.75, 3.05) is 20.2 Å². The molecule has 1 aromatic carbocycles. The van der Waals surface area contributed by atoms with Gasteiger partial charge in [0.25, 0.3) is 18.2 Å². The lowest BCUT2D eigenvalue weighted by Crippen LogP contribution is -2.34. The predicted octanol–water partition coefficient (Wildman–Crippen LogP) is 1.53. The van der Waals surface area contributed by atoms with Crippen molar-refractivity contribution >= 4 is 11.8 Å². The molecule has 7 nitrogen and oxygen atoms in total. The molecule has 2 rings (SSSR count). The first-order valence-electron chi connectivity index (χ1n) is 7.44. The monoisotopic (exact) mass is 352 g/mol. The highest BCUT2D eigenvalue weighted by atomic mass is 19.3. The zero-order chi connectivity index (χ0) is 18.4. The molecule has 134 valence electrons. The molecule has 0 bridgehead atoms. The first-order valence-corrected chi connectivity index (χ1v) is 7.44. The van der Waals surface area contributed by atoms with Crippen molar-refractivity contribution < 1.29 is 23.1 Å². The van der Waals surface area contributed by atoms with Crippen LogP contribution in [0, 0.1) is 0 Å². The number of aryl methyl sites for hydroxylation is 1. The highest BCUT2D eigenvalue weighted by Crippen LogP contribution is 2.20. The maximum Gasteiger partial charge on any atom is 0.282 e. The minimum absolute atomic E-state index is 0.0955. The van der Waals surface area contributed by atoms with Crippen molar-refractivity contribution in [3.05, 3.63) is 47.3 Å². The molecule has 2 aromatic rings. The number of benzene rings is 1. The van der Waals surface area contributed by atoms with Crippen molar-refractivity contribution in [2.24, 2.45) is 7.05 Å². The van der Waals surface area contributed by atoms with Gasteiger partial charge in [0.15, 0.2) is 0 Å². The third kappa shape index (κ3) is 4.75. The second kappa shape index (κ2) is 8.22. The standard InChI is InChI=1S/C16H18F2N4O3/c1-22-9-12(13(21-22)14(17)18)16(24)20-8-7-19-15(23)10-3-5-11(25-2)6-4-10/h3-6,9,14H,7-8H2,1-2H3,(H,19,23)(H,20,24). The van der Waals surface area contributed by atoms with E-state index in [1.165, 1.54) is 20.4 Å². The summed E-state index contributed by atoms with van der Waals surface area (Å²) in [4.78, 5) is 23.9. The molecule has 0 fully saturated rings. The zero-order valence-corrected chi connectivity index (χ0v) is 13.8. The summed E-state index contributed by atoms with van der Waals surface area (Å²) < 4.78 is 31.8. The fourth-order valence-electron chi connectivity index (χ4n) is 2.13. The molecule has 0 aliphatic heterocycles. The van der Waals surface area contributed by atoms with Gasteiger partial charge in [-0.3, -0.25) is 14.3 Å². The van der Waals surface area contributed by atoms with Gasteiger partial charge in [0, 0.05) is 31.9 Å². The lowest BCUT2D eigenvalue weighted by atomic mass is 10.2. The van der Waals surface area contributed by atoms with Crippen LogP contribution in [0.5, 0.6) is 5.75 Å². The Morgan fingerprint density at radius 2 is 1.76 bits per heavy atom. The number of ether oxygens (including phenoxy) is 1. The Balaban J connectivity index is 1.82. The van der Waals surface area contributed by atoms with E-state index in [9.17, 15) is 18.4 Å². The van der Waals surface area contributed by atoms with Crippen molar-refractivity contribution in [2.45, 2.75) is 6.43 Å². The number of halogens is 2. The van der Waals surface area contributed by atoms with Gasteiger partial charge in [0.05, 0.1) is 12.7 Å². The first kappa shape index (κ1) is 18.4. The fourth-order valence-corrected chi connectivity index (χ4v) is 2.13. The summed E-state index contributed by atoms with van der Waals surface area (Å²) in [6.07, 6.45) is -1.61. The second-order valence-corrected chi connectivity index (χ2v) is 5.14. The first-order chi connectivity index (χ1) is 11.9. The smallest absolute Gasteiger partial charge is 0.282 e. The van der Waals surface area contributed by atoms with E-state index in [0.717, 1.165) is 4.68 Å². The van der Waals surface area contributed by atoms with Gasteiger partial charge < -0.3 is 15.4 Å². The largest absolute Gasteiger partial charge is 0.497 e. The molecule has 0 aliphatic rings. The quantitative estimate of drug-likeness (QED) is 0.740. The number of alkyl halides is 2. The van der Waals surface area contributed by atoms with Gasteiger partial charge in [-0.05, 0) is 24.3 Å². The van der Waals surface area contributed by atoms with E-state index < -0.39 is 18.0 Å². The van der Waals surface area contributed by atoms with E-state index in [4.69, 9.17) is 4.74 Å². The minimum atomic E-state index is -2.84. The van der Waals surface area contributed by atoms with Crippen molar-refractivity contribution in [3.8, 4) is 5.75 Å². The van der Waals surface area contributed by atoms with Crippen molar-refractivity contribution in [1.82, 2.24) is 20.4 Å². The van der Waals surface area contributed by atoms with Crippen LogP contribution in [0.15, 0.2) is 30.5 Å². The third-order valence-corrected chi connectivity index (χ3v) is 3.36. The topological polar surface area (TPSA) is 85.3 Å². The predicted molar refractivity (Wildman–Crippen MR) is 85.8 cm³/mol. The number of methoxy groups -OCH3 is 1. The van der Waals surface area contributed by atoms with Crippen LogP contribution >= 0.6 is 0 Å². The molecule has 0 radical (unpaired) electrons. The highest BCUT2D eigenvalue weighted by Gasteiger charge is 2.22. The Bertz CT molecular complexity index is 744. The zero-order valence-electron chi connectivity index (χ0n) is 13.8. The van der Waals surface area contributed by atoms with Crippen LogP contribution in [0.4, 0.5) is 8.78 Å². The average molecular weight is 352 g/mol. The third-order valence-electron chi connectivity index (χ3n) is 3.36. The Labute approximate surface area is 143 Å². The molecule has 0 saturated carbocycles. The maximum absolute atomic E-state index is 12.8. The van der Waals surface area contributed by atoms with E-state index in [0.29, 0.717) is 11.3 Å². The number of carbonyl (C=O) groups excluding carboxylic acids is 2. The van der Waals surface area contributed by atoms with Crippen LogP contribution in [-0.2, 0) is 7.05 Å². The number of amides is 2. The summed E-state index contributed by atoms with van der Waals surface area (Å²) in [5, 5.41) is 8.66. The summed E-state index contributed by atoms with van der Waals surface area (Å²) >= 11 is 0. The number of nitrogens with zero attached hydrogens (tertiary/aromatic N) is 2. The molecular formula is C16H18F2N4O3. The second-order valence-electron chi connectivity index (χ2n) is 5.14. The van der Waals surface area contributed by atoms with Crippen molar-refractivity contribution in [1.29, 1.82) is 0 Å². The van der Waals surface area contributed by atoms with Gasteiger partial charge in [0.1, 0.15) is 11.4 Å². The van der Waals surface area contributed by atoms with Crippen LogP contribution in [0.1, 0.15) is 32.8 Å². The Hall–Kier alpha value is -2.97. The van der Waals surface area contributed by atoms with Gasteiger partial charge >= 0.3 is 0 Å². The number of rotatable bonds is 7. The summed E-state index contributed by atoms with van der Waals surface area (Å²) in [6, 6.07) is 6.53. The molecule has 1 aromatic heterocycles. The molecule has 2 N–H and O–H groups in total. The summed E-state index contributed by atoms with van der Waals surface area (Å²) in [5.41, 5.74) is -0.305.